The molecular weight excluding hydrogens is 208 g/mol. The Morgan fingerprint density at radius 1 is 1.18 bits per heavy atom. The van der Waals surface area contributed by atoms with Gasteiger partial charge in [0.15, 0.2) is 0 Å². The molecule has 0 radical (unpaired) electrons. The average molecular weight is 228 g/mol. The topological polar surface area (TPSA) is 24.9 Å². The number of aromatic nitrogens is 1. The molecule has 2 aromatic rings. The van der Waals surface area contributed by atoms with E-state index in [1.165, 1.54) is 17.4 Å². The van der Waals surface area contributed by atoms with Gasteiger partial charge in [-0.1, -0.05) is 44.5 Å². The van der Waals surface area contributed by atoms with E-state index in [2.05, 4.69) is 48.4 Å². The van der Waals surface area contributed by atoms with Crippen LogP contribution in [-0.4, -0.2) is 11.5 Å². The van der Waals surface area contributed by atoms with E-state index in [1.807, 2.05) is 12.3 Å². The van der Waals surface area contributed by atoms with E-state index < -0.39 is 0 Å². The first-order chi connectivity index (χ1) is 8.36. The Kier molecular flexibility index (Phi) is 4.10. The first-order valence-electron chi connectivity index (χ1n) is 6.43. The van der Waals surface area contributed by atoms with E-state index in [-0.39, 0.29) is 0 Å². The molecule has 1 N–H and O–H groups in total. The number of benzene rings is 1. The van der Waals surface area contributed by atoms with Crippen molar-refractivity contribution in [3.05, 3.63) is 42.1 Å². The van der Waals surface area contributed by atoms with Crippen LogP contribution >= 0.6 is 0 Å². The third kappa shape index (κ3) is 2.64. The molecule has 0 aliphatic carbocycles. The molecule has 0 fully saturated rings. The summed E-state index contributed by atoms with van der Waals surface area (Å²) in [5.41, 5.74) is 2.46. The molecule has 0 saturated heterocycles. The highest BCUT2D eigenvalue weighted by molar-refractivity contribution is 5.81. The molecule has 2 rings (SSSR count). The Morgan fingerprint density at radius 2 is 2.00 bits per heavy atom. The van der Waals surface area contributed by atoms with Crippen LogP contribution in [0.25, 0.3) is 10.9 Å². The summed E-state index contributed by atoms with van der Waals surface area (Å²) in [4.78, 5) is 4.53. The summed E-state index contributed by atoms with van der Waals surface area (Å²) in [7, 11) is 0. The van der Waals surface area contributed by atoms with E-state index in [1.54, 1.807) is 0 Å². The predicted octanol–water partition coefficient (Wildman–Crippen LogP) is 3.69. The Labute approximate surface area is 103 Å². The van der Waals surface area contributed by atoms with Crippen molar-refractivity contribution in [3.63, 3.8) is 0 Å². The average Bonchev–Trinajstić information content (AvgIpc) is 2.38. The second-order valence-electron chi connectivity index (χ2n) is 4.32. The van der Waals surface area contributed by atoms with Gasteiger partial charge in [0.1, 0.15) is 0 Å². The number of fused-ring (bicyclic) bond motifs is 1. The van der Waals surface area contributed by atoms with Crippen LogP contribution in [0.15, 0.2) is 36.5 Å². The standard InChI is InChI=1S/C15H20N2/c1-3-7-14(16-4-2)13-10-5-8-12-9-6-11-17-15(12)13/h5-6,8-11,14,16H,3-4,7H2,1-2H3. The van der Waals surface area contributed by atoms with Crippen molar-refractivity contribution in [1.82, 2.24) is 10.3 Å². The zero-order valence-corrected chi connectivity index (χ0v) is 10.6. The molecule has 1 aromatic carbocycles. The van der Waals surface area contributed by atoms with Gasteiger partial charge in [-0.05, 0) is 24.6 Å². The van der Waals surface area contributed by atoms with Crippen LogP contribution in [0.3, 0.4) is 0 Å². The van der Waals surface area contributed by atoms with Gasteiger partial charge in [-0.3, -0.25) is 4.98 Å². The first-order valence-corrected chi connectivity index (χ1v) is 6.43. The molecule has 0 saturated carbocycles. The normalized spacial score (nSPS) is 12.8. The van der Waals surface area contributed by atoms with E-state index in [0.29, 0.717) is 6.04 Å². The van der Waals surface area contributed by atoms with Gasteiger partial charge in [0, 0.05) is 17.6 Å². The fourth-order valence-electron chi connectivity index (χ4n) is 2.31. The van der Waals surface area contributed by atoms with Gasteiger partial charge in [0.05, 0.1) is 5.52 Å². The smallest absolute Gasteiger partial charge is 0.0749 e. The van der Waals surface area contributed by atoms with E-state index in [0.717, 1.165) is 18.5 Å². The van der Waals surface area contributed by atoms with Crippen molar-refractivity contribution in [2.75, 3.05) is 6.54 Å². The van der Waals surface area contributed by atoms with Crippen LogP contribution in [0.2, 0.25) is 0 Å². The monoisotopic (exact) mass is 228 g/mol. The molecule has 1 heterocycles. The third-order valence-corrected chi connectivity index (χ3v) is 3.07. The van der Waals surface area contributed by atoms with Crippen molar-refractivity contribution in [1.29, 1.82) is 0 Å². The number of para-hydroxylation sites is 1. The number of pyridine rings is 1. The molecule has 1 unspecified atom stereocenters. The molecular formula is C15H20N2. The number of hydrogen-bond acceptors (Lipinski definition) is 2. The van der Waals surface area contributed by atoms with E-state index in [9.17, 15) is 0 Å². The highest BCUT2D eigenvalue weighted by Crippen LogP contribution is 2.25. The maximum atomic E-state index is 4.53. The van der Waals surface area contributed by atoms with E-state index in [4.69, 9.17) is 0 Å². The lowest BCUT2D eigenvalue weighted by molar-refractivity contribution is 0.512. The Bertz CT molecular complexity index is 468. The number of hydrogen-bond donors (Lipinski definition) is 1. The Balaban J connectivity index is 2.44. The van der Waals surface area contributed by atoms with Gasteiger partial charge in [-0.25, -0.2) is 0 Å². The van der Waals surface area contributed by atoms with Crippen molar-refractivity contribution >= 4 is 10.9 Å². The molecule has 0 aliphatic heterocycles. The number of nitrogens with one attached hydrogen (secondary N) is 1. The summed E-state index contributed by atoms with van der Waals surface area (Å²) in [5.74, 6) is 0. The van der Waals surface area contributed by atoms with Crippen molar-refractivity contribution in [2.24, 2.45) is 0 Å². The van der Waals surface area contributed by atoms with Gasteiger partial charge in [-0.2, -0.15) is 0 Å². The molecule has 2 nitrogen and oxygen atoms in total. The molecule has 0 spiro atoms. The van der Waals surface area contributed by atoms with Crippen LogP contribution in [0.4, 0.5) is 0 Å². The minimum Gasteiger partial charge on any atom is -0.310 e. The van der Waals surface area contributed by atoms with Crippen molar-refractivity contribution in [3.8, 4) is 0 Å². The van der Waals surface area contributed by atoms with Crippen molar-refractivity contribution in [2.45, 2.75) is 32.7 Å². The maximum Gasteiger partial charge on any atom is 0.0749 e. The predicted molar refractivity (Wildman–Crippen MR) is 73.1 cm³/mol. The summed E-state index contributed by atoms with van der Waals surface area (Å²) in [6.45, 7) is 5.37. The van der Waals surface area contributed by atoms with Gasteiger partial charge in [-0.15, -0.1) is 0 Å². The summed E-state index contributed by atoms with van der Waals surface area (Å²) in [6, 6.07) is 11.0. The maximum absolute atomic E-state index is 4.53. The zero-order valence-electron chi connectivity index (χ0n) is 10.6. The highest BCUT2D eigenvalue weighted by atomic mass is 14.9. The first kappa shape index (κ1) is 12.1. The molecule has 0 amide bonds. The van der Waals surface area contributed by atoms with Gasteiger partial charge >= 0.3 is 0 Å². The van der Waals surface area contributed by atoms with Crippen molar-refractivity contribution < 1.29 is 0 Å². The summed E-state index contributed by atoms with van der Waals surface area (Å²) in [5, 5.41) is 4.78. The Morgan fingerprint density at radius 3 is 2.76 bits per heavy atom. The second kappa shape index (κ2) is 5.78. The number of rotatable bonds is 5. The quantitative estimate of drug-likeness (QED) is 0.844. The van der Waals surface area contributed by atoms with Gasteiger partial charge in [0.2, 0.25) is 0 Å². The lowest BCUT2D eigenvalue weighted by Crippen LogP contribution is -2.21. The number of nitrogens with zero attached hydrogens (tertiary/aromatic N) is 1. The summed E-state index contributed by atoms with van der Waals surface area (Å²) in [6.07, 6.45) is 4.21. The minimum absolute atomic E-state index is 0.420. The van der Waals surface area contributed by atoms with Gasteiger partial charge < -0.3 is 5.32 Å². The summed E-state index contributed by atoms with van der Waals surface area (Å²) >= 11 is 0. The molecule has 1 aromatic heterocycles. The molecule has 0 bridgehead atoms. The zero-order chi connectivity index (χ0) is 12.1. The SMILES string of the molecule is CCCC(NCC)c1cccc2cccnc12. The molecule has 2 heteroatoms. The van der Waals surface area contributed by atoms with Crippen LogP contribution in [0.5, 0.6) is 0 Å². The lowest BCUT2D eigenvalue weighted by atomic mass is 9.99. The van der Waals surface area contributed by atoms with Crippen LogP contribution in [0.1, 0.15) is 38.3 Å². The van der Waals surface area contributed by atoms with Gasteiger partial charge in [0.25, 0.3) is 0 Å². The molecule has 0 aliphatic rings. The van der Waals surface area contributed by atoms with Crippen LogP contribution < -0.4 is 5.32 Å². The molecule has 90 valence electrons. The molecule has 1 atom stereocenters. The minimum atomic E-state index is 0.420. The van der Waals surface area contributed by atoms with Crippen LogP contribution in [0, 0.1) is 0 Å². The third-order valence-electron chi connectivity index (χ3n) is 3.07. The molecule has 17 heavy (non-hydrogen) atoms. The fourth-order valence-corrected chi connectivity index (χ4v) is 2.31. The summed E-state index contributed by atoms with van der Waals surface area (Å²) < 4.78 is 0. The second-order valence-corrected chi connectivity index (χ2v) is 4.32. The highest BCUT2D eigenvalue weighted by Gasteiger charge is 2.12. The van der Waals surface area contributed by atoms with E-state index >= 15 is 0 Å². The fraction of sp³-hybridized carbons (Fsp3) is 0.400. The largest absolute Gasteiger partial charge is 0.310 e. The Hall–Kier alpha value is -1.41. The van der Waals surface area contributed by atoms with Crippen LogP contribution in [-0.2, 0) is 0 Å². The lowest BCUT2D eigenvalue weighted by Gasteiger charge is -2.18.